The molecular formula is C12H16N4. The Morgan fingerprint density at radius 3 is 2.75 bits per heavy atom. The molecule has 2 aromatic heterocycles. The quantitative estimate of drug-likeness (QED) is 0.844. The zero-order valence-corrected chi connectivity index (χ0v) is 9.32. The third kappa shape index (κ3) is 2.12. The van der Waals surface area contributed by atoms with Crippen LogP contribution in [-0.2, 0) is 0 Å². The first-order chi connectivity index (χ1) is 7.83. The first kappa shape index (κ1) is 10.8. The molecule has 0 spiro atoms. The second kappa shape index (κ2) is 4.90. The Morgan fingerprint density at radius 2 is 2.19 bits per heavy atom. The number of nitrogens with zero attached hydrogens (tertiary/aromatic N) is 3. The lowest BCUT2D eigenvalue weighted by atomic mass is 10.0. The van der Waals surface area contributed by atoms with Crippen LogP contribution >= 0.6 is 0 Å². The molecule has 0 fully saturated rings. The lowest BCUT2D eigenvalue weighted by Gasteiger charge is -2.22. The van der Waals surface area contributed by atoms with Gasteiger partial charge in [-0.15, -0.1) is 0 Å². The van der Waals surface area contributed by atoms with Gasteiger partial charge in [0.15, 0.2) is 0 Å². The Balaban J connectivity index is 2.36. The van der Waals surface area contributed by atoms with Gasteiger partial charge < -0.3 is 5.73 Å². The molecule has 2 aromatic rings. The van der Waals surface area contributed by atoms with E-state index in [-0.39, 0.29) is 12.1 Å². The molecule has 0 radical (unpaired) electrons. The van der Waals surface area contributed by atoms with Gasteiger partial charge in [0, 0.05) is 24.6 Å². The monoisotopic (exact) mass is 216 g/mol. The van der Waals surface area contributed by atoms with Crippen molar-refractivity contribution >= 4 is 0 Å². The highest BCUT2D eigenvalue weighted by Gasteiger charge is 2.21. The van der Waals surface area contributed by atoms with Gasteiger partial charge in [-0.25, -0.2) is 0 Å². The van der Waals surface area contributed by atoms with E-state index in [0.717, 1.165) is 12.1 Å². The molecule has 0 aromatic carbocycles. The van der Waals surface area contributed by atoms with Crippen molar-refractivity contribution in [1.82, 2.24) is 14.8 Å². The average molecular weight is 216 g/mol. The van der Waals surface area contributed by atoms with E-state index < -0.39 is 0 Å². The molecule has 0 aliphatic heterocycles. The minimum Gasteiger partial charge on any atom is -0.326 e. The first-order valence-corrected chi connectivity index (χ1v) is 5.48. The molecule has 0 aliphatic carbocycles. The third-order valence-corrected chi connectivity index (χ3v) is 2.68. The third-order valence-electron chi connectivity index (χ3n) is 2.68. The van der Waals surface area contributed by atoms with Gasteiger partial charge in [0.25, 0.3) is 0 Å². The van der Waals surface area contributed by atoms with Crippen LogP contribution in [0.2, 0.25) is 0 Å². The lowest BCUT2D eigenvalue weighted by molar-refractivity contribution is 0.416. The number of aromatic nitrogens is 3. The van der Waals surface area contributed by atoms with E-state index in [1.54, 1.807) is 12.4 Å². The van der Waals surface area contributed by atoms with Crippen LogP contribution in [0.25, 0.3) is 0 Å². The van der Waals surface area contributed by atoms with E-state index in [2.05, 4.69) is 17.0 Å². The van der Waals surface area contributed by atoms with Crippen LogP contribution in [0.15, 0.2) is 42.9 Å². The molecule has 2 unspecified atom stereocenters. The van der Waals surface area contributed by atoms with Crippen molar-refractivity contribution in [3.8, 4) is 0 Å². The van der Waals surface area contributed by atoms with Crippen molar-refractivity contribution < 1.29 is 0 Å². The summed E-state index contributed by atoms with van der Waals surface area (Å²) in [5.74, 6) is 0. The molecule has 0 aliphatic rings. The number of hydrogen-bond acceptors (Lipinski definition) is 3. The van der Waals surface area contributed by atoms with Gasteiger partial charge in [0.05, 0.1) is 5.69 Å². The van der Waals surface area contributed by atoms with Crippen molar-refractivity contribution in [3.63, 3.8) is 0 Å². The van der Waals surface area contributed by atoms with Gasteiger partial charge in [-0.05, 0) is 24.6 Å². The van der Waals surface area contributed by atoms with E-state index in [1.807, 2.05) is 35.1 Å². The summed E-state index contributed by atoms with van der Waals surface area (Å²) in [6.07, 6.45) is 6.36. The van der Waals surface area contributed by atoms with Crippen LogP contribution < -0.4 is 5.73 Å². The van der Waals surface area contributed by atoms with Gasteiger partial charge in [0.2, 0.25) is 0 Å². The fraction of sp³-hybridized carbons (Fsp3) is 0.333. The van der Waals surface area contributed by atoms with Crippen molar-refractivity contribution in [3.05, 3.63) is 48.5 Å². The number of rotatable bonds is 4. The predicted octanol–water partition coefficient (Wildman–Crippen LogP) is 1.60. The SMILES string of the molecule is CCC(N)C(c1ccccn1)n1cccn1. The Kier molecular flexibility index (Phi) is 3.31. The van der Waals surface area contributed by atoms with Crippen molar-refractivity contribution in [2.24, 2.45) is 5.73 Å². The molecule has 4 nitrogen and oxygen atoms in total. The smallest absolute Gasteiger partial charge is 0.109 e. The Hall–Kier alpha value is -1.68. The normalized spacial score (nSPS) is 14.6. The topological polar surface area (TPSA) is 56.7 Å². The largest absolute Gasteiger partial charge is 0.326 e. The van der Waals surface area contributed by atoms with E-state index in [9.17, 15) is 0 Å². The van der Waals surface area contributed by atoms with Gasteiger partial charge in [-0.3, -0.25) is 9.67 Å². The van der Waals surface area contributed by atoms with Gasteiger partial charge >= 0.3 is 0 Å². The van der Waals surface area contributed by atoms with Crippen molar-refractivity contribution in [2.75, 3.05) is 0 Å². The summed E-state index contributed by atoms with van der Waals surface area (Å²) in [5, 5.41) is 4.26. The van der Waals surface area contributed by atoms with Crippen LogP contribution in [0.5, 0.6) is 0 Å². The molecule has 4 heteroatoms. The fourth-order valence-corrected chi connectivity index (χ4v) is 1.77. The summed E-state index contributed by atoms with van der Waals surface area (Å²) in [4.78, 5) is 4.36. The maximum absolute atomic E-state index is 6.14. The molecule has 2 heterocycles. The van der Waals surface area contributed by atoms with Crippen molar-refractivity contribution in [2.45, 2.75) is 25.4 Å². The summed E-state index contributed by atoms with van der Waals surface area (Å²) < 4.78 is 1.87. The Labute approximate surface area is 95.1 Å². The molecule has 0 amide bonds. The molecule has 2 N–H and O–H groups in total. The second-order valence-electron chi connectivity index (χ2n) is 3.76. The fourth-order valence-electron chi connectivity index (χ4n) is 1.77. The minimum absolute atomic E-state index is 0.0150. The van der Waals surface area contributed by atoms with Crippen LogP contribution in [0, 0.1) is 0 Å². The zero-order valence-electron chi connectivity index (χ0n) is 9.32. The van der Waals surface area contributed by atoms with E-state index in [1.165, 1.54) is 0 Å². The molecule has 16 heavy (non-hydrogen) atoms. The highest BCUT2D eigenvalue weighted by molar-refractivity contribution is 5.12. The Bertz CT molecular complexity index is 410. The standard InChI is InChI=1S/C12H16N4/c1-2-10(13)12(16-9-5-8-15-16)11-6-3-4-7-14-11/h3-10,12H,2,13H2,1H3. The van der Waals surface area contributed by atoms with Crippen LogP contribution in [0.3, 0.4) is 0 Å². The number of nitrogens with two attached hydrogens (primary N) is 1. The van der Waals surface area contributed by atoms with Crippen LogP contribution in [0.1, 0.15) is 25.1 Å². The van der Waals surface area contributed by atoms with Crippen LogP contribution in [0.4, 0.5) is 0 Å². The highest BCUT2D eigenvalue weighted by atomic mass is 15.3. The molecule has 2 rings (SSSR count). The average Bonchev–Trinajstić information content (AvgIpc) is 2.84. The molecular weight excluding hydrogens is 200 g/mol. The molecule has 84 valence electrons. The number of pyridine rings is 1. The predicted molar refractivity (Wildman–Crippen MR) is 62.9 cm³/mol. The summed E-state index contributed by atoms with van der Waals surface area (Å²) in [5.41, 5.74) is 7.10. The highest BCUT2D eigenvalue weighted by Crippen LogP contribution is 2.19. The maximum Gasteiger partial charge on any atom is 0.109 e. The van der Waals surface area contributed by atoms with Gasteiger partial charge in [0.1, 0.15) is 6.04 Å². The van der Waals surface area contributed by atoms with Crippen molar-refractivity contribution in [1.29, 1.82) is 0 Å². The zero-order chi connectivity index (χ0) is 11.4. The summed E-state index contributed by atoms with van der Waals surface area (Å²) >= 11 is 0. The molecule has 2 atom stereocenters. The first-order valence-electron chi connectivity index (χ1n) is 5.48. The molecule has 0 saturated carbocycles. The number of hydrogen-bond donors (Lipinski definition) is 1. The molecule has 0 saturated heterocycles. The second-order valence-corrected chi connectivity index (χ2v) is 3.76. The van der Waals surface area contributed by atoms with E-state index >= 15 is 0 Å². The van der Waals surface area contributed by atoms with Gasteiger partial charge in [-0.2, -0.15) is 5.10 Å². The summed E-state index contributed by atoms with van der Waals surface area (Å²) in [7, 11) is 0. The van der Waals surface area contributed by atoms with Crippen LogP contribution in [-0.4, -0.2) is 20.8 Å². The van der Waals surface area contributed by atoms with E-state index in [4.69, 9.17) is 5.73 Å². The molecule has 0 bridgehead atoms. The minimum atomic E-state index is 0.0150. The summed E-state index contributed by atoms with van der Waals surface area (Å²) in [6.45, 7) is 2.07. The van der Waals surface area contributed by atoms with Gasteiger partial charge in [-0.1, -0.05) is 13.0 Å². The lowest BCUT2D eigenvalue weighted by Crippen LogP contribution is -2.33. The summed E-state index contributed by atoms with van der Waals surface area (Å²) in [6, 6.07) is 7.80. The Morgan fingerprint density at radius 1 is 1.31 bits per heavy atom. The van der Waals surface area contributed by atoms with E-state index in [0.29, 0.717) is 0 Å². The maximum atomic E-state index is 6.14.